The molecule has 0 atom stereocenters. The molecular weight excluding hydrogens is 219 g/mol. The van der Waals surface area contributed by atoms with E-state index in [2.05, 4.69) is 20.8 Å². The van der Waals surface area contributed by atoms with Crippen molar-refractivity contribution in [2.75, 3.05) is 0 Å². The average molecular weight is 233 g/mol. The van der Waals surface area contributed by atoms with Crippen molar-refractivity contribution in [1.82, 2.24) is 0 Å². The van der Waals surface area contributed by atoms with Gasteiger partial charge >= 0.3 is 0 Å². The summed E-state index contributed by atoms with van der Waals surface area (Å²) < 4.78 is 0. The summed E-state index contributed by atoms with van der Waals surface area (Å²) >= 11 is 12.1. The van der Waals surface area contributed by atoms with E-state index < -0.39 is 0 Å². The molecule has 0 aliphatic heterocycles. The SMILES string of the molecule is CC(C)(C)c1cc(Cl)cc(CO)c1Cl. The molecule has 1 aromatic rings. The van der Waals surface area contributed by atoms with Crippen molar-refractivity contribution in [2.45, 2.75) is 32.8 Å². The third kappa shape index (κ3) is 2.41. The molecule has 1 nitrogen and oxygen atoms in total. The summed E-state index contributed by atoms with van der Waals surface area (Å²) in [5.41, 5.74) is 1.59. The van der Waals surface area contributed by atoms with E-state index in [1.54, 1.807) is 6.07 Å². The number of hydrogen-bond donors (Lipinski definition) is 1. The first-order valence-electron chi connectivity index (χ1n) is 4.45. The van der Waals surface area contributed by atoms with Gasteiger partial charge in [0.05, 0.1) is 6.61 Å². The highest BCUT2D eigenvalue weighted by Crippen LogP contribution is 2.34. The van der Waals surface area contributed by atoms with Crippen molar-refractivity contribution in [3.63, 3.8) is 0 Å². The lowest BCUT2D eigenvalue weighted by Gasteiger charge is -2.22. The highest BCUT2D eigenvalue weighted by atomic mass is 35.5. The zero-order chi connectivity index (χ0) is 10.9. The minimum absolute atomic E-state index is 0.0636. The van der Waals surface area contributed by atoms with Crippen LogP contribution in [0.3, 0.4) is 0 Å². The molecule has 3 heteroatoms. The summed E-state index contributed by atoms with van der Waals surface area (Å²) in [4.78, 5) is 0. The monoisotopic (exact) mass is 232 g/mol. The second kappa shape index (κ2) is 4.09. The Morgan fingerprint density at radius 2 is 1.79 bits per heavy atom. The normalized spacial score (nSPS) is 11.9. The molecule has 0 aliphatic rings. The number of aliphatic hydroxyl groups excluding tert-OH is 1. The van der Waals surface area contributed by atoms with E-state index >= 15 is 0 Å². The third-order valence-corrected chi connectivity index (χ3v) is 2.76. The molecule has 0 heterocycles. The molecule has 0 fully saturated rings. The van der Waals surface area contributed by atoms with Crippen molar-refractivity contribution in [1.29, 1.82) is 0 Å². The predicted octanol–water partition coefficient (Wildman–Crippen LogP) is 3.78. The van der Waals surface area contributed by atoms with Crippen LogP contribution in [0.2, 0.25) is 10.0 Å². The predicted molar refractivity (Wildman–Crippen MR) is 61.1 cm³/mol. The van der Waals surface area contributed by atoms with Crippen molar-refractivity contribution in [3.05, 3.63) is 33.3 Å². The Labute approximate surface area is 94.7 Å². The summed E-state index contributed by atoms with van der Waals surface area (Å²) in [6, 6.07) is 3.54. The van der Waals surface area contributed by atoms with Crippen molar-refractivity contribution >= 4 is 23.2 Å². The van der Waals surface area contributed by atoms with Crippen LogP contribution in [-0.2, 0) is 12.0 Å². The fraction of sp³-hybridized carbons (Fsp3) is 0.455. The zero-order valence-corrected chi connectivity index (χ0v) is 10.1. The standard InChI is InChI=1S/C11H14Cl2O/c1-11(2,3)9-5-8(12)4-7(6-14)10(9)13/h4-5,14H,6H2,1-3H3. The summed E-state index contributed by atoms with van der Waals surface area (Å²) in [7, 11) is 0. The largest absolute Gasteiger partial charge is 0.392 e. The second-order valence-corrected chi connectivity index (χ2v) is 5.15. The van der Waals surface area contributed by atoms with Crippen LogP contribution in [0, 0.1) is 0 Å². The highest BCUT2D eigenvalue weighted by molar-refractivity contribution is 6.34. The van der Waals surface area contributed by atoms with Gasteiger partial charge in [-0.2, -0.15) is 0 Å². The molecule has 0 aromatic heterocycles. The molecule has 0 saturated heterocycles. The van der Waals surface area contributed by atoms with Gasteiger partial charge in [-0.05, 0) is 28.7 Å². The fourth-order valence-electron chi connectivity index (χ4n) is 1.31. The maximum absolute atomic E-state index is 9.09. The second-order valence-electron chi connectivity index (χ2n) is 4.33. The minimum Gasteiger partial charge on any atom is -0.392 e. The molecule has 0 radical (unpaired) electrons. The van der Waals surface area contributed by atoms with Gasteiger partial charge in [0.2, 0.25) is 0 Å². The quantitative estimate of drug-likeness (QED) is 0.782. The number of hydrogen-bond acceptors (Lipinski definition) is 1. The molecule has 0 amide bonds. The molecule has 78 valence electrons. The molecule has 0 bridgehead atoms. The Balaban J connectivity index is 3.37. The van der Waals surface area contributed by atoms with Crippen LogP contribution < -0.4 is 0 Å². The Morgan fingerprint density at radius 3 is 2.21 bits per heavy atom. The van der Waals surface area contributed by atoms with Crippen molar-refractivity contribution < 1.29 is 5.11 Å². The van der Waals surface area contributed by atoms with E-state index in [0.717, 1.165) is 5.56 Å². The lowest BCUT2D eigenvalue weighted by Crippen LogP contribution is -2.12. The van der Waals surface area contributed by atoms with Crippen LogP contribution in [0.25, 0.3) is 0 Å². The van der Waals surface area contributed by atoms with Crippen LogP contribution in [0.5, 0.6) is 0 Å². The summed E-state index contributed by atoms with van der Waals surface area (Å²) in [6.07, 6.45) is 0. The Morgan fingerprint density at radius 1 is 1.21 bits per heavy atom. The lowest BCUT2D eigenvalue weighted by molar-refractivity contribution is 0.281. The number of halogens is 2. The van der Waals surface area contributed by atoms with Gasteiger partial charge in [-0.1, -0.05) is 44.0 Å². The first-order valence-corrected chi connectivity index (χ1v) is 5.21. The first-order chi connectivity index (χ1) is 6.36. The first kappa shape index (κ1) is 11.8. The molecule has 0 saturated carbocycles. The molecule has 1 aromatic carbocycles. The van der Waals surface area contributed by atoms with Crippen LogP contribution in [0.1, 0.15) is 31.9 Å². The number of benzene rings is 1. The Hall–Kier alpha value is -0.240. The van der Waals surface area contributed by atoms with E-state index in [1.807, 2.05) is 6.07 Å². The molecule has 1 N–H and O–H groups in total. The van der Waals surface area contributed by atoms with Crippen LogP contribution in [0.15, 0.2) is 12.1 Å². The van der Waals surface area contributed by atoms with Crippen LogP contribution in [0.4, 0.5) is 0 Å². The van der Waals surface area contributed by atoms with Gasteiger partial charge < -0.3 is 5.11 Å². The van der Waals surface area contributed by atoms with Gasteiger partial charge in [-0.15, -0.1) is 0 Å². The maximum atomic E-state index is 9.09. The summed E-state index contributed by atoms with van der Waals surface area (Å²) in [6.45, 7) is 6.10. The molecule has 1 rings (SSSR count). The van der Waals surface area contributed by atoms with Gasteiger partial charge in [0.25, 0.3) is 0 Å². The van der Waals surface area contributed by atoms with E-state index in [1.165, 1.54) is 0 Å². The van der Waals surface area contributed by atoms with Crippen LogP contribution >= 0.6 is 23.2 Å². The number of rotatable bonds is 1. The lowest BCUT2D eigenvalue weighted by atomic mass is 9.86. The molecule has 0 spiro atoms. The van der Waals surface area contributed by atoms with Gasteiger partial charge in [0, 0.05) is 10.0 Å². The fourth-order valence-corrected chi connectivity index (χ4v) is 2.00. The van der Waals surface area contributed by atoms with Crippen LogP contribution in [-0.4, -0.2) is 5.11 Å². The molecule has 14 heavy (non-hydrogen) atoms. The van der Waals surface area contributed by atoms with E-state index in [-0.39, 0.29) is 12.0 Å². The number of aliphatic hydroxyl groups is 1. The topological polar surface area (TPSA) is 20.2 Å². The maximum Gasteiger partial charge on any atom is 0.0697 e. The minimum atomic E-state index is -0.0809. The summed E-state index contributed by atoms with van der Waals surface area (Å²) in [5.74, 6) is 0. The van der Waals surface area contributed by atoms with Gasteiger partial charge in [-0.25, -0.2) is 0 Å². The van der Waals surface area contributed by atoms with Crippen molar-refractivity contribution in [2.24, 2.45) is 0 Å². The zero-order valence-electron chi connectivity index (χ0n) is 8.56. The Kier molecular flexibility index (Phi) is 3.46. The Bertz CT molecular complexity index is 340. The molecule has 0 aliphatic carbocycles. The highest BCUT2D eigenvalue weighted by Gasteiger charge is 2.19. The van der Waals surface area contributed by atoms with E-state index in [0.29, 0.717) is 15.6 Å². The van der Waals surface area contributed by atoms with E-state index in [9.17, 15) is 0 Å². The van der Waals surface area contributed by atoms with Gasteiger partial charge in [-0.3, -0.25) is 0 Å². The third-order valence-electron chi connectivity index (χ3n) is 2.09. The smallest absolute Gasteiger partial charge is 0.0697 e. The van der Waals surface area contributed by atoms with Crippen molar-refractivity contribution in [3.8, 4) is 0 Å². The van der Waals surface area contributed by atoms with E-state index in [4.69, 9.17) is 28.3 Å². The van der Waals surface area contributed by atoms with Gasteiger partial charge in [0.15, 0.2) is 0 Å². The molecule has 0 unspecified atom stereocenters. The van der Waals surface area contributed by atoms with Gasteiger partial charge in [0.1, 0.15) is 0 Å². The summed E-state index contributed by atoms with van der Waals surface area (Å²) in [5, 5.41) is 10.3. The average Bonchev–Trinajstić information content (AvgIpc) is 2.06. The molecular formula is C11H14Cl2O.